The number of pyridine rings is 1. The molecule has 0 unspecified atom stereocenters. The Morgan fingerprint density at radius 3 is 1.67 bits per heavy atom. The van der Waals surface area contributed by atoms with Crippen molar-refractivity contribution in [3.8, 4) is 45.4 Å². The first kappa shape index (κ1) is 27.9. The van der Waals surface area contributed by atoms with E-state index < -0.39 is 0 Å². The third-order valence-corrected chi connectivity index (χ3v) is 10.8. The van der Waals surface area contributed by atoms with Gasteiger partial charge in [-0.25, -0.2) is 4.98 Å². The minimum absolute atomic E-state index is 0.698. The summed E-state index contributed by atoms with van der Waals surface area (Å²) >= 11 is 0. The van der Waals surface area contributed by atoms with E-state index in [9.17, 15) is 5.26 Å². The maximum atomic E-state index is 10.1. The van der Waals surface area contributed by atoms with Gasteiger partial charge in [0, 0.05) is 33.0 Å². The second-order valence-electron chi connectivity index (χ2n) is 13.4. The molecular formula is C48H27N3. The third kappa shape index (κ3) is 3.90. The molecule has 11 rings (SSSR count). The maximum absolute atomic E-state index is 10.1. The van der Waals surface area contributed by atoms with Crippen molar-refractivity contribution in [3.05, 3.63) is 169 Å². The van der Waals surface area contributed by atoms with Crippen molar-refractivity contribution in [2.75, 3.05) is 0 Å². The SMILES string of the molecule is N#Cc1ccc2c3c1ccc1c(-c4ccc5ccc6c(-c7cccc(-c8ccccc8)n7)ccc7ccc4c5c76)ccc(c13)n2-c1ccccc1. The molecule has 0 spiro atoms. The zero-order chi connectivity index (χ0) is 33.6. The normalized spacial score (nSPS) is 11.9. The predicted octanol–water partition coefficient (Wildman–Crippen LogP) is 12.5. The highest BCUT2D eigenvalue weighted by molar-refractivity contribution is 6.31. The van der Waals surface area contributed by atoms with Gasteiger partial charge >= 0.3 is 0 Å². The fourth-order valence-electron chi connectivity index (χ4n) is 8.56. The molecule has 0 amide bonds. The van der Waals surface area contributed by atoms with E-state index in [0.29, 0.717) is 5.56 Å². The van der Waals surface area contributed by atoms with Crippen LogP contribution in [0.3, 0.4) is 0 Å². The molecule has 0 saturated heterocycles. The fourth-order valence-corrected chi connectivity index (χ4v) is 8.56. The zero-order valence-electron chi connectivity index (χ0n) is 27.4. The van der Waals surface area contributed by atoms with Crippen molar-refractivity contribution in [1.29, 1.82) is 5.26 Å². The van der Waals surface area contributed by atoms with Crippen molar-refractivity contribution in [3.63, 3.8) is 0 Å². The van der Waals surface area contributed by atoms with E-state index in [4.69, 9.17) is 4.98 Å². The van der Waals surface area contributed by atoms with Gasteiger partial charge in [-0.3, -0.25) is 0 Å². The average Bonchev–Trinajstić information content (AvgIpc) is 3.55. The molecule has 0 aliphatic carbocycles. The Labute approximate surface area is 293 Å². The van der Waals surface area contributed by atoms with E-state index in [1.807, 2.05) is 12.1 Å². The van der Waals surface area contributed by atoms with Crippen LogP contribution in [0.4, 0.5) is 0 Å². The van der Waals surface area contributed by atoms with Gasteiger partial charge in [-0.2, -0.15) is 5.26 Å². The second-order valence-corrected chi connectivity index (χ2v) is 13.4. The molecule has 11 aromatic rings. The largest absolute Gasteiger partial charge is 0.309 e. The minimum atomic E-state index is 0.698. The summed E-state index contributed by atoms with van der Waals surface area (Å²) in [5.41, 5.74) is 10.6. The average molecular weight is 646 g/mol. The smallest absolute Gasteiger partial charge is 0.0998 e. The standard InChI is InChI=1S/C48H27N3/c49-28-32-18-26-43-47-34(32)23-24-39-36(25-27-44(48(39)47)51(43)33-10-5-2-6-11-33)35-19-14-30-17-22-40-37(20-15-31-16-21-38(35)45(30)46(31)40)42-13-7-12-41(50-42)29-8-3-1-4-9-29/h1-27H. The van der Waals surface area contributed by atoms with Crippen molar-refractivity contribution < 1.29 is 0 Å². The second kappa shape index (κ2) is 10.5. The quantitative estimate of drug-likeness (QED) is 0.179. The van der Waals surface area contributed by atoms with Crippen LogP contribution in [-0.4, -0.2) is 9.55 Å². The van der Waals surface area contributed by atoms with Gasteiger partial charge in [-0.15, -0.1) is 0 Å². The Morgan fingerprint density at radius 2 is 0.941 bits per heavy atom. The number of rotatable bonds is 4. The van der Waals surface area contributed by atoms with Crippen LogP contribution in [0.1, 0.15) is 5.56 Å². The fraction of sp³-hybridized carbons (Fsp3) is 0. The lowest BCUT2D eigenvalue weighted by Crippen LogP contribution is -1.93. The Hall–Kier alpha value is -7.02. The Morgan fingerprint density at radius 1 is 0.412 bits per heavy atom. The van der Waals surface area contributed by atoms with E-state index in [2.05, 4.69) is 162 Å². The first-order chi connectivity index (χ1) is 25.3. The first-order valence-corrected chi connectivity index (χ1v) is 17.3. The molecule has 2 aromatic heterocycles. The number of hydrogen-bond donors (Lipinski definition) is 0. The Balaban J connectivity index is 1.17. The van der Waals surface area contributed by atoms with Gasteiger partial charge in [0.25, 0.3) is 0 Å². The minimum Gasteiger partial charge on any atom is -0.309 e. The molecule has 0 N–H and O–H groups in total. The van der Waals surface area contributed by atoms with Crippen molar-refractivity contribution in [2.45, 2.75) is 0 Å². The summed E-state index contributed by atoms with van der Waals surface area (Å²) in [4.78, 5) is 5.15. The van der Waals surface area contributed by atoms with Crippen LogP contribution < -0.4 is 0 Å². The molecule has 0 atom stereocenters. The molecule has 0 radical (unpaired) electrons. The summed E-state index contributed by atoms with van der Waals surface area (Å²) in [6, 6.07) is 60.7. The van der Waals surface area contributed by atoms with Crippen LogP contribution >= 0.6 is 0 Å². The number of benzene rings is 9. The van der Waals surface area contributed by atoms with Gasteiger partial charge in [0.05, 0.1) is 34.1 Å². The molecule has 3 heteroatoms. The van der Waals surface area contributed by atoms with Crippen LogP contribution in [0.25, 0.3) is 104 Å². The molecule has 0 fully saturated rings. The summed E-state index contributed by atoms with van der Waals surface area (Å²) in [5.74, 6) is 0. The molecule has 0 aliphatic rings. The number of hydrogen-bond acceptors (Lipinski definition) is 2. The summed E-state index contributed by atoms with van der Waals surface area (Å²) < 4.78 is 2.34. The van der Waals surface area contributed by atoms with Gasteiger partial charge in [0.15, 0.2) is 0 Å². The van der Waals surface area contributed by atoms with E-state index in [0.717, 1.165) is 50.0 Å². The third-order valence-electron chi connectivity index (χ3n) is 10.8. The maximum Gasteiger partial charge on any atom is 0.0998 e. The molecule has 2 heterocycles. The highest BCUT2D eigenvalue weighted by atomic mass is 15.0. The summed E-state index contributed by atoms with van der Waals surface area (Å²) in [7, 11) is 0. The van der Waals surface area contributed by atoms with Gasteiger partial charge in [-0.05, 0) is 91.3 Å². The lowest BCUT2D eigenvalue weighted by atomic mass is 9.86. The van der Waals surface area contributed by atoms with Gasteiger partial charge in [0.2, 0.25) is 0 Å². The van der Waals surface area contributed by atoms with Crippen molar-refractivity contribution in [1.82, 2.24) is 9.55 Å². The molecule has 0 bridgehead atoms. The highest BCUT2D eigenvalue weighted by Crippen LogP contribution is 2.47. The molecular weight excluding hydrogens is 619 g/mol. The van der Waals surface area contributed by atoms with E-state index in [-0.39, 0.29) is 0 Å². The van der Waals surface area contributed by atoms with Crippen LogP contribution in [0.5, 0.6) is 0 Å². The van der Waals surface area contributed by atoms with Gasteiger partial charge in [-0.1, -0.05) is 121 Å². The number of para-hydroxylation sites is 1. The lowest BCUT2D eigenvalue weighted by molar-refractivity contribution is 1.18. The van der Waals surface area contributed by atoms with Crippen LogP contribution in [0.2, 0.25) is 0 Å². The van der Waals surface area contributed by atoms with Crippen LogP contribution in [0.15, 0.2) is 164 Å². The van der Waals surface area contributed by atoms with Crippen LogP contribution in [0, 0.1) is 11.3 Å². The summed E-state index contributed by atoms with van der Waals surface area (Å²) in [6.07, 6.45) is 0. The Kier molecular flexibility index (Phi) is 5.73. The number of nitriles is 1. The molecule has 234 valence electrons. The molecule has 0 saturated carbocycles. The lowest BCUT2D eigenvalue weighted by Gasteiger charge is -2.17. The number of nitrogens with zero attached hydrogens (tertiary/aromatic N) is 3. The van der Waals surface area contributed by atoms with Gasteiger partial charge < -0.3 is 4.57 Å². The zero-order valence-corrected chi connectivity index (χ0v) is 27.4. The topological polar surface area (TPSA) is 41.6 Å². The van der Waals surface area contributed by atoms with Gasteiger partial charge in [0.1, 0.15) is 0 Å². The van der Waals surface area contributed by atoms with E-state index >= 15 is 0 Å². The molecule has 0 aliphatic heterocycles. The number of aromatic nitrogens is 2. The molecule has 9 aromatic carbocycles. The summed E-state index contributed by atoms with van der Waals surface area (Å²) in [6.45, 7) is 0. The summed E-state index contributed by atoms with van der Waals surface area (Å²) in [5, 5.41) is 22.0. The van der Waals surface area contributed by atoms with Crippen LogP contribution in [-0.2, 0) is 0 Å². The Bertz CT molecular complexity index is 3180. The van der Waals surface area contributed by atoms with E-state index in [1.165, 1.54) is 54.2 Å². The monoisotopic (exact) mass is 645 g/mol. The molecule has 51 heavy (non-hydrogen) atoms. The van der Waals surface area contributed by atoms with Crippen molar-refractivity contribution in [2.24, 2.45) is 0 Å². The predicted molar refractivity (Wildman–Crippen MR) is 212 cm³/mol. The first-order valence-electron chi connectivity index (χ1n) is 17.3. The van der Waals surface area contributed by atoms with Crippen molar-refractivity contribution >= 4 is 64.9 Å². The molecule has 3 nitrogen and oxygen atoms in total. The van der Waals surface area contributed by atoms with E-state index in [1.54, 1.807) is 0 Å². The highest BCUT2D eigenvalue weighted by Gasteiger charge is 2.22.